The molecule has 0 radical (unpaired) electrons. The first kappa shape index (κ1) is 21.8. The number of hydrogen-bond donors (Lipinski definition) is 1. The van der Waals surface area contributed by atoms with Crippen LogP contribution in [0, 0.1) is 13.8 Å². The summed E-state index contributed by atoms with van der Waals surface area (Å²) in [5.41, 5.74) is 3.67. The predicted molar refractivity (Wildman–Crippen MR) is 120 cm³/mol. The van der Waals surface area contributed by atoms with E-state index in [9.17, 15) is 14.4 Å². The molecule has 0 bridgehead atoms. The van der Waals surface area contributed by atoms with Crippen molar-refractivity contribution in [2.24, 2.45) is 0 Å². The summed E-state index contributed by atoms with van der Waals surface area (Å²) >= 11 is 0. The molecule has 0 aliphatic heterocycles. The number of benzene rings is 3. The van der Waals surface area contributed by atoms with E-state index in [2.05, 4.69) is 5.32 Å². The summed E-state index contributed by atoms with van der Waals surface area (Å²) in [7, 11) is 1.64. The third-order valence-corrected chi connectivity index (χ3v) is 4.82. The minimum absolute atomic E-state index is 0.106. The van der Waals surface area contributed by atoms with Crippen molar-refractivity contribution in [3.63, 3.8) is 0 Å². The summed E-state index contributed by atoms with van der Waals surface area (Å²) in [6.07, 6.45) is 0. The van der Waals surface area contributed by atoms with E-state index < -0.39 is 18.5 Å². The standard InChI is InChI=1S/C25H24N2O4/c1-17-13-14-22(18(2)15-17)26-23(28)16-31-25(30)21-12-8-7-11-20(21)24(29)27(3)19-9-5-4-6-10-19/h4-15H,16H2,1-3H3,(H,26,28). The number of amides is 2. The average molecular weight is 416 g/mol. The van der Waals surface area contributed by atoms with Gasteiger partial charge in [-0.15, -0.1) is 0 Å². The largest absolute Gasteiger partial charge is 0.452 e. The maximum absolute atomic E-state index is 13.0. The maximum Gasteiger partial charge on any atom is 0.339 e. The number of carbonyl (C=O) groups excluding carboxylic acids is 3. The molecule has 3 aromatic rings. The van der Waals surface area contributed by atoms with Crippen molar-refractivity contribution >= 4 is 29.2 Å². The molecule has 0 saturated carbocycles. The molecule has 2 amide bonds. The number of para-hydroxylation sites is 1. The van der Waals surface area contributed by atoms with Gasteiger partial charge in [0.25, 0.3) is 11.8 Å². The highest BCUT2D eigenvalue weighted by atomic mass is 16.5. The molecule has 0 aliphatic carbocycles. The third kappa shape index (κ3) is 5.36. The Morgan fingerprint density at radius 1 is 0.871 bits per heavy atom. The minimum atomic E-state index is -0.735. The lowest BCUT2D eigenvalue weighted by Gasteiger charge is -2.18. The van der Waals surface area contributed by atoms with Crippen molar-refractivity contribution in [3.8, 4) is 0 Å². The normalized spacial score (nSPS) is 10.3. The van der Waals surface area contributed by atoms with Gasteiger partial charge in [0.1, 0.15) is 0 Å². The zero-order valence-electron chi connectivity index (χ0n) is 17.7. The van der Waals surface area contributed by atoms with Gasteiger partial charge in [0.15, 0.2) is 6.61 Å². The molecule has 6 nitrogen and oxygen atoms in total. The lowest BCUT2D eigenvalue weighted by molar-refractivity contribution is -0.119. The highest BCUT2D eigenvalue weighted by molar-refractivity contribution is 6.12. The average Bonchev–Trinajstić information content (AvgIpc) is 2.79. The quantitative estimate of drug-likeness (QED) is 0.605. The van der Waals surface area contributed by atoms with E-state index >= 15 is 0 Å². The molecular formula is C25H24N2O4. The van der Waals surface area contributed by atoms with E-state index in [4.69, 9.17) is 4.74 Å². The van der Waals surface area contributed by atoms with Gasteiger partial charge >= 0.3 is 5.97 Å². The van der Waals surface area contributed by atoms with E-state index in [0.29, 0.717) is 11.4 Å². The summed E-state index contributed by atoms with van der Waals surface area (Å²) in [4.78, 5) is 39.3. The smallest absolute Gasteiger partial charge is 0.339 e. The van der Waals surface area contributed by atoms with E-state index in [1.54, 1.807) is 43.4 Å². The topological polar surface area (TPSA) is 75.7 Å². The highest BCUT2D eigenvalue weighted by Crippen LogP contribution is 2.19. The van der Waals surface area contributed by atoms with Crippen molar-refractivity contribution in [1.29, 1.82) is 0 Å². The monoisotopic (exact) mass is 416 g/mol. The van der Waals surface area contributed by atoms with Crippen LogP contribution in [0.4, 0.5) is 11.4 Å². The highest BCUT2D eigenvalue weighted by Gasteiger charge is 2.22. The Morgan fingerprint density at radius 2 is 1.52 bits per heavy atom. The van der Waals surface area contributed by atoms with E-state index in [-0.39, 0.29) is 17.0 Å². The first-order valence-electron chi connectivity index (χ1n) is 9.83. The Balaban J connectivity index is 1.68. The van der Waals surface area contributed by atoms with Crippen LogP contribution in [0.15, 0.2) is 72.8 Å². The molecule has 0 heterocycles. The molecule has 3 rings (SSSR count). The van der Waals surface area contributed by atoms with Gasteiger partial charge < -0.3 is 15.0 Å². The fraction of sp³-hybridized carbons (Fsp3) is 0.160. The molecule has 6 heteroatoms. The van der Waals surface area contributed by atoms with Crippen LogP contribution in [0.5, 0.6) is 0 Å². The van der Waals surface area contributed by atoms with Crippen LogP contribution in [-0.4, -0.2) is 31.4 Å². The van der Waals surface area contributed by atoms with Crippen LogP contribution < -0.4 is 10.2 Å². The number of aryl methyl sites for hydroxylation is 2. The summed E-state index contributed by atoms with van der Waals surface area (Å²) < 4.78 is 5.18. The summed E-state index contributed by atoms with van der Waals surface area (Å²) in [5.74, 6) is -1.54. The third-order valence-electron chi connectivity index (χ3n) is 4.82. The van der Waals surface area contributed by atoms with Crippen molar-refractivity contribution in [1.82, 2.24) is 0 Å². The summed E-state index contributed by atoms with van der Waals surface area (Å²) in [5, 5.41) is 2.73. The van der Waals surface area contributed by atoms with Crippen molar-refractivity contribution in [2.45, 2.75) is 13.8 Å². The number of esters is 1. The second-order valence-electron chi connectivity index (χ2n) is 7.19. The molecular weight excluding hydrogens is 392 g/mol. The lowest BCUT2D eigenvalue weighted by Crippen LogP contribution is -2.28. The van der Waals surface area contributed by atoms with Gasteiger partial charge in [-0.2, -0.15) is 0 Å². The van der Waals surface area contributed by atoms with Gasteiger partial charge in [-0.1, -0.05) is 48.0 Å². The summed E-state index contributed by atoms with van der Waals surface area (Å²) in [6, 6.07) is 21.2. The zero-order chi connectivity index (χ0) is 22.4. The molecule has 0 unspecified atom stereocenters. The van der Waals surface area contributed by atoms with Crippen molar-refractivity contribution in [3.05, 3.63) is 95.1 Å². The Hall–Kier alpha value is -3.93. The van der Waals surface area contributed by atoms with Crippen molar-refractivity contribution < 1.29 is 19.1 Å². The van der Waals surface area contributed by atoms with Crippen LogP contribution in [0.2, 0.25) is 0 Å². The first-order valence-corrected chi connectivity index (χ1v) is 9.83. The Kier molecular flexibility index (Phi) is 6.82. The van der Waals surface area contributed by atoms with Gasteiger partial charge in [-0.25, -0.2) is 4.79 Å². The van der Waals surface area contributed by atoms with Gasteiger partial charge in [-0.05, 0) is 49.7 Å². The van der Waals surface area contributed by atoms with Gasteiger partial charge in [-0.3, -0.25) is 9.59 Å². The van der Waals surface area contributed by atoms with Gasteiger partial charge in [0.2, 0.25) is 0 Å². The number of nitrogens with one attached hydrogen (secondary N) is 1. The van der Waals surface area contributed by atoms with Gasteiger partial charge in [0.05, 0.1) is 11.1 Å². The molecule has 3 aromatic carbocycles. The Morgan fingerprint density at radius 3 is 2.19 bits per heavy atom. The lowest BCUT2D eigenvalue weighted by atomic mass is 10.1. The molecule has 158 valence electrons. The minimum Gasteiger partial charge on any atom is -0.452 e. The molecule has 31 heavy (non-hydrogen) atoms. The van der Waals surface area contributed by atoms with Crippen LogP contribution in [-0.2, 0) is 9.53 Å². The van der Waals surface area contributed by atoms with Crippen molar-refractivity contribution in [2.75, 3.05) is 23.9 Å². The second kappa shape index (κ2) is 9.71. The summed E-state index contributed by atoms with van der Waals surface area (Å²) in [6.45, 7) is 3.40. The van der Waals surface area contributed by atoms with Gasteiger partial charge in [0, 0.05) is 18.4 Å². The van der Waals surface area contributed by atoms with E-state index in [1.165, 1.54) is 11.0 Å². The molecule has 0 spiro atoms. The number of ether oxygens (including phenoxy) is 1. The number of hydrogen-bond acceptors (Lipinski definition) is 4. The molecule has 0 saturated heterocycles. The second-order valence-corrected chi connectivity index (χ2v) is 7.19. The van der Waals surface area contributed by atoms with Crippen LogP contribution >= 0.6 is 0 Å². The van der Waals surface area contributed by atoms with Crippen LogP contribution in [0.1, 0.15) is 31.8 Å². The first-order chi connectivity index (χ1) is 14.9. The predicted octanol–water partition coefficient (Wildman–Crippen LogP) is 4.38. The number of nitrogens with zero attached hydrogens (tertiary/aromatic N) is 1. The fourth-order valence-electron chi connectivity index (χ4n) is 3.15. The Bertz CT molecular complexity index is 1110. The van der Waals surface area contributed by atoms with Crippen LogP contribution in [0.3, 0.4) is 0 Å². The van der Waals surface area contributed by atoms with E-state index in [1.807, 2.05) is 44.2 Å². The molecule has 0 fully saturated rings. The molecule has 0 atom stereocenters. The molecule has 0 aromatic heterocycles. The molecule has 1 N–H and O–H groups in total. The molecule has 0 aliphatic rings. The van der Waals surface area contributed by atoms with E-state index in [0.717, 1.165) is 11.1 Å². The fourth-order valence-corrected chi connectivity index (χ4v) is 3.15. The van der Waals surface area contributed by atoms with Crippen LogP contribution in [0.25, 0.3) is 0 Å². The number of anilines is 2. The number of carbonyl (C=O) groups is 3. The SMILES string of the molecule is Cc1ccc(NC(=O)COC(=O)c2ccccc2C(=O)N(C)c2ccccc2)c(C)c1. The zero-order valence-corrected chi connectivity index (χ0v) is 17.7. The maximum atomic E-state index is 13.0. The number of rotatable bonds is 6. The Labute approximate surface area is 181 Å².